The molecule has 2 rings (SSSR count). The van der Waals surface area contributed by atoms with Gasteiger partial charge >= 0.3 is 5.69 Å². The number of aromatic amines is 1. The molecule has 8 nitrogen and oxygen atoms in total. The summed E-state index contributed by atoms with van der Waals surface area (Å²) < 4.78 is 5.02. The van der Waals surface area contributed by atoms with Crippen molar-refractivity contribution in [3.05, 3.63) is 57.0 Å². The Morgan fingerprint density at radius 2 is 2.30 bits per heavy atom. The Labute approximate surface area is 132 Å². The van der Waals surface area contributed by atoms with Crippen LogP contribution in [0.25, 0.3) is 0 Å². The van der Waals surface area contributed by atoms with Gasteiger partial charge in [-0.2, -0.15) is 5.26 Å². The first-order valence-corrected chi connectivity index (χ1v) is 6.84. The molecular formula is C15H16N5O3+. The number of aromatic nitrogens is 2. The third kappa shape index (κ3) is 3.59. The smallest absolute Gasteiger partial charge is 0.317 e. The molecule has 0 aliphatic carbocycles. The van der Waals surface area contributed by atoms with Crippen molar-refractivity contribution < 1.29 is 14.6 Å². The summed E-state index contributed by atoms with van der Waals surface area (Å²) in [7, 11) is 1.43. The second-order valence-corrected chi connectivity index (χ2v) is 4.80. The predicted octanol–water partition coefficient (Wildman–Crippen LogP) is 1.74. The number of nitriles is 1. The van der Waals surface area contributed by atoms with Crippen LogP contribution in [0.4, 0.5) is 11.5 Å². The van der Waals surface area contributed by atoms with E-state index in [1.54, 1.807) is 13.1 Å². The van der Waals surface area contributed by atoms with Crippen LogP contribution in [-0.4, -0.2) is 17.0 Å². The summed E-state index contributed by atoms with van der Waals surface area (Å²) in [5.41, 5.74) is 1.42. The van der Waals surface area contributed by atoms with Crippen molar-refractivity contribution in [3.63, 3.8) is 0 Å². The molecule has 0 aliphatic heterocycles. The van der Waals surface area contributed by atoms with Crippen molar-refractivity contribution in [2.24, 2.45) is 0 Å². The molecular weight excluding hydrogens is 298 g/mol. The van der Waals surface area contributed by atoms with E-state index in [1.165, 1.54) is 7.11 Å². The first-order chi connectivity index (χ1) is 11.1. The number of hydrogen-bond donors (Lipinski definition) is 1. The number of nitro groups is 1. The molecule has 0 bridgehead atoms. The Bertz CT molecular complexity index is 756. The summed E-state index contributed by atoms with van der Waals surface area (Å²) >= 11 is 0. The minimum absolute atomic E-state index is 0.0208. The number of pyridine rings is 2. The van der Waals surface area contributed by atoms with Crippen LogP contribution in [0.5, 0.6) is 0 Å². The van der Waals surface area contributed by atoms with Crippen LogP contribution < -0.4 is 10.3 Å². The summed E-state index contributed by atoms with van der Waals surface area (Å²) in [4.78, 5) is 17.8. The van der Waals surface area contributed by atoms with Gasteiger partial charge in [0.25, 0.3) is 5.82 Å². The van der Waals surface area contributed by atoms with Crippen LogP contribution in [0.3, 0.4) is 0 Å². The fourth-order valence-electron chi connectivity index (χ4n) is 2.27. The van der Waals surface area contributed by atoms with Gasteiger partial charge in [-0.15, -0.1) is 0 Å². The molecule has 0 aromatic carbocycles. The summed E-state index contributed by atoms with van der Waals surface area (Å²) in [6.45, 7) is 1.95. The average molecular weight is 314 g/mol. The number of H-pyrrole nitrogens is 1. The molecule has 0 atom stereocenters. The van der Waals surface area contributed by atoms with E-state index in [4.69, 9.17) is 4.74 Å². The van der Waals surface area contributed by atoms with Gasteiger partial charge in [-0.3, -0.25) is 20.4 Å². The maximum Gasteiger partial charge on any atom is 0.317 e. The Morgan fingerprint density at radius 3 is 2.87 bits per heavy atom. The van der Waals surface area contributed by atoms with Crippen LogP contribution in [0.1, 0.15) is 22.5 Å². The van der Waals surface area contributed by atoms with Crippen LogP contribution in [-0.2, 0) is 17.9 Å². The number of ether oxygens (including phenoxy) is 1. The van der Waals surface area contributed by atoms with Crippen LogP contribution in [0, 0.1) is 28.4 Å². The highest BCUT2D eigenvalue weighted by Gasteiger charge is 2.29. The van der Waals surface area contributed by atoms with E-state index in [-0.39, 0.29) is 23.4 Å². The number of anilines is 1. The predicted molar refractivity (Wildman–Crippen MR) is 81.4 cm³/mol. The van der Waals surface area contributed by atoms with Crippen molar-refractivity contribution >= 4 is 11.5 Å². The van der Waals surface area contributed by atoms with Crippen molar-refractivity contribution in [2.75, 3.05) is 12.4 Å². The fourth-order valence-corrected chi connectivity index (χ4v) is 2.27. The van der Waals surface area contributed by atoms with Gasteiger partial charge in [0, 0.05) is 20.2 Å². The van der Waals surface area contributed by atoms with E-state index in [2.05, 4.69) is 15.3 Å². The molecule has 118 valence electrons. The van der Waals surface area contributed by atoms with Gasteiger partial charge in [-0.1, -0.05) is 6.07 Å². The van der Waals surface area contributed by atoms with Gasteiger partial charge in [-0.05, 0) is 12.1 Å². The third-order valence-corrected chi connectivity index (χ3v) is 3.26. The van der Waals surface area contributed by atoms with Gasteiger partial charge in [0.1, 0.15) is 12.6 Å². The molecule has 23 heavy (non-hydrogen) atoms. The first kappa shape index (κ1) is 16.3. The molecule has 2 aromatic heterocycles. The van der Waals surface area contributed by atoms with Gasteiger partial charge < -0.3 is 4.74 Å². The molecule has 0 fully saturated rings. The van der Waals surface area contributed by atoms with E-state index in [0.717, 1.165) is 5.69 Å². The molecule has 2 N–H and O–H groups in total. The Hall–Kier alpha value is -3.05. The number of hydrogen-bond acceptors (Lipinski definition) is 6. The highest BCUT2D eigenvalue weighted by atomic mass is 16.6. The second-order valence-electron chi connectivity index (χ2n) is 4.80. The van der Waals surface area contributed by atoms with Crippen LogP contribution >= 0.6 is 0 Å². The minimum Gasteiger partial charge on any atom is -0.380 e. The third-order valence-electron chi connectivity index (χ3n) is 3.26. The summed E-state index contributed by atoms with van der Waals surface area (Å²) in [6, 6.07) is 7.52. The lowest BCUT2D eigenvalue weighted by molar-refractivity contribution is -0.420. The largest absolute Gasteiger partial charge is 0.380 e. The maximum atomic E-state index is 11.3. The fraction of sp³-hybridized carbons (Fsp3) is 0.267. The maximum absolute atomic E-state index is 11.3. The molecule has 0 radical (unpaired) electrons. The SMILES string of the molecule is COCc1c(C#N)c(NCc2ccccn2)[nH+]c(C)c1[N+](=O)[O-]. The quantitative estimate of drug-likeness (QED) is 0.641. The Kier molecular flexibility index (Phi) is 5.17. The summed E-state index contributed by atoms with van der Waals surface area (Å²) in [6.07, 6.45) is 1.67. The molecule has 0 saturated heterocycles. The molecule has 2 heterocycles. The lowest BCUT2D eigenvalue weighted by Crippen LogP contribution is -2.22. The summed E-state index contributed by atoms with van der Waals surface area (Å²) in [5, 5.41) is 23.8. The molecule has 0 aliphatic rings. The standard InChI is InChI=1S/C15H15N5O3/c1-10-14(20(21)22)13(9-23-2)12(7-16)15(19-10)18-8-11-5-3-4-6-17-11/h3-6H,8-9H2,1-2H3,(H,18,19)/p+1. The van der Waals surface area contributed by atoms with Crippen LogP contribution in [0.2, 0.25) is 0 Å². The second kappa shape index (κ2) is 7.29. The zero-order valence-electron chi connectivity index (χ0n) is 12.8. The van der Waals surface area contributed by atoms with E-state index >= 15 is 0 Å². The van der Waals surface area contributed by atoms with Gasteiger partial charge in [0.05, 0.1) is 22.8 Å². The van der Waals surface area contributed by atoms with Crippen LogP contribution in [0.15, 0.2) is 24.4 Å². The summed E-state index contributed by atoms with van der Waals surface area (Å²) in [5.74, 6) is 0.410. The number of methoxy groups -OCH3 is 1. The average Bonchev–Trinajstić information content (AvgIpc) is 2.53. The van der Waals surface area contributed by atoms with E-state index < -0.39 is 4.92 Å². The van der Waals surface area contributed by atoms with Gasteiger partial charge in [0.2, 0.25) is 0 Å². The number of nitrogens with zero attached hydrogens (tertiary/aromatic N) is 3. The van der Waals surface area contributed by atoms with Gasteiger partial charge in [0.15, 0.2) is 11.3 Å². The normalized spacial score (nSPS) is 10.1. The number of aryl methyl sites for hydroxylation is 1. The molecule has 0 saturated carbocycles. The topological polar surface area (TPSA) is 115 Å². The molecule has 2 aromatic rings. The van der Waals surface area contributed by atoms with E-state index in [9.17, 15) is 15.4 Å². The molecule has 0 spiro atoms. The lowest BCUT2D eigenvalue weighted by Gasteiger charge is -2.08. The lowest BCUT2D eigenvalue weighted by atomic mass is 10.1. The monoisotopic (exact) mass is 314 g/mol. The zero-order valence-corrected chi connectivity index (χ0v) is 12.8. The van der Waals surface area contributed by atoms with Crippen molar-refractivity contribution in [1.82, 2.24) is 4.98 Å². The molecule has 8 heteroatoms. The van der Waals surface area contributed by atoms with E-state index in [1.807, 2.05) is 24.3 Å². The van der Waals surface area contributed by atoms with Crippen molar-refractivity contribution in [1.29, 1.82) is 5.26 Å². The minimum atomic E-state index is -0.510. The highest BCUT2D eigenvalue weighted by Crippen LogP contribution is 2.28. The molecule has 0 amide bonds. The number of rotatable bonds is 6. The van der Waals surface area contributed by atoms with Crippen molar-refractivity contribution in [2.45, 2.75) is 20.1 Å². The van der Waals surface area contributed by atoms with Crippen molar-refractivity contribution in [3.8, 4) is 6.07 Å². The zero-order chi connectivity index (χ0) is 16.8. The number of nitrogens with one attached hydrogen (secondary N) is 2. The Morgan fingerprint density at radius 1 is 1.52 bits per heavy atom. The first-order valence-electron chi connectivity index (χ1n) is 6.84. The van der Waals surface area contributed by atoms with Gasteiger partial charge in [-0.25, -0.2) is 4.98 Å². The van der Waals surface area contributed by atoms with E-state index in [0.29, 0.717) is 18.1 Å². The Balaban J connectivity index is 2.43. The highest BCUT2D eigenvalue weighted by molar-refractivity contribution is 5.60. The molecule has 0 unspecified atom stereocenters.